The number of benzene rings is 1. The van der Waals surface area contributed by atoms with Gasteiger partial charge in [-0.25, -0.2) is 8.42 Å². The number of carbonyl (C=O) groups excluding carboxylic acids is 2. The van der Waals surface area contributed by atoms with Gasteiger partial charge in [0.15, 0.2) is 5.76 Å². The maximum absolute atomic E-state index is 13.1. The zero-order valence-corrected chi connectivity index (χ0v) is 18.8. The molecule has 10 heteroatoms. The molecule has 3 heterocycles. The summed E-state index contributed by atoms with van der Waals surface area (Å²) in [7, 11) is -3.65. The minimum atomic E-state index is -3.65. The fraction of sp³-hybridized carbons (Fsp3) is 0.455. The Bertz CT molecular complexity index is 1040. The first kappa shape index (κ1) is 22.3. The monoisotopic (exact) mass is 461 g/mol. The van der Waals surface area contributed by atoms with Crippen molar-refractivity contribution in [2.45, 2.75) is 30.7 Å². The molecule has 0 aliphatic carbocycles. The third-order valence-corrected chi connectivity index (χ3v) is 7.77. The lowest BCUT2D eigenvalue weighted by atomic mass is 10.1. The van der Waals surface area contributed by atoms with E-state index in [1.54, 1.807) is 34.1 Å². The summed E-state index contributed by atoms with van der Waals surface area (Å²) in [6.07, 6.45) is 2.77. The van der Waals surface area contributed by atoms with E-state index in [0.717, 1.165) is 6.42 Å². The van der Waals surface area contributed by atoms with Crippen molar-refractivity contribution in [2.75, 3.05) is 39.3 Å². The van der Waals surface area contributed by atoms with Crippen molar-refractivity contribution >= 4 is 21.8 Å². The highest BCUT2D eigenvalue weighted by Gasteiger charge is 2.39. The molecule has 172 valence electrons. The average molecular weight is 462 g/mol. The maximum atomic E-state index is 13.1. The topological polar surface area (TPSA) is 100 Å². The van der Waals surface area contributed by atoms with Gasteiger partial charge in [0.05, 0.1) is 17.8 Å². The number of likely N-dealkylation sites (tertiary alicyclic amines) is 1. The molecule has 1 atom stereocenters. The Morgan fingerprint density at radius 1 is 1.06 bits per heavy atom. The van der Waals surface area contributed by atoms with Crippen LogP contribution in [0, 0.1) is 0 Å². The largest absolute Gasteiger partial charge is 0.494 e. The number of carbonyl (C=O) groups is 2. The molecule has 2 amide bonds. The van der Waals surface area contributed by atoms with Crippen LogP contribution in [0.5, 0.6) is 5.75 Å². The van der Waals surface area contributed by atoms with Gasteiger partial charge in [0.25, 0.3) is 5.91 Å². The van der Waals surface area contributed by atoms with Gasteiger partial charge in [0.2, 0.25) is 15.9 Å². The van der Waals surface area contributed by atoms with Crippen LogP contribution in [0.15, 0.2) is 52.0 Å². The van der Waals surface area contributed by atoms with Crippen LogP contribution < -0.4 is 4.74 Å². The molecule has 0 N–H and O–H groups in total. The number of sulfonamides is 1. The molecule has 32 heavy (non-hydrogen) atoms. The Morgan fingerprint density at radius 2 is 1.78 bits per heavy atom. The van der Waals surface area contributed by atoms with Gasteiger partial charge in [-0.3, -0.25) is 9.59 Å². The van der Waals surface area contributed by atoms with E-state index in [0.29, 0.717) is 25.3 Å². The number of hydrogen-bond acceptors (Lipinski definition) is 6. The maximum Gasteiger partial charge on any atom is 0.290 e. The molecule has 0 bridgehead atoms. The quantitative estimate of drug-likeness (QED) is 0.651. The van der Waals surface area contributed by atoms with Crippen molar-refractivity contribution in [2.24, 2.45) is 0 Å². The van der Waals surface area contributed by atoms with Crippen molar-refractivity contribution in [3.8, 4) is 5.75 Å². The van der Waals surface area contributed by atoms with Crippen molar-refractivity contribution in [1.82, 2.24) is 14.1 Å². The summed E-state index contributed by atoms with van der Waals surface area (Å²) in [6.45, 7) is 3.86. The zero-order valence-electron chi connectivity index (χ0n) is 18.0. The molecule has 1 aromatic carbocycles. The standard InChI is InChI=1S/C22H27N3O6S/c1-2-30-17-7-9-18(10-8-17)32(28,29)24-14-12-23(13-15-24)21(26)19-5-3-11-25(19)22(27)20-6-4-16-31-20/h4,6-10,16,19H,2-3,5,11-15H2,1H3. The number of amides is 2. The molecule has 0 radical (unpaired) electrons. The molecule has 1 aromatic heterocycles. The fourth-order valence-corrected chi connectivity index (χ4v) is 5.61. The summed E-state index contributed by atoms with van der Waals surface area (Å²) in [6, 6.07) is 9.05. The highest BCUT2D eigenvalue weighted by molar-refractivity contribution is 7.89. The Kier molecular flexibility index (Phi) is 6.52. The molecule has 2 saturated heterocycles. The molecule has 2 aromatic rings. The average Bonchev–Trinajstić information content (AvgIpc) is 3.51. The van der Waals surface area contributed by atoms with Gasteiger partial charge in [0.1, 0.15) is 11.8 Å². The van der Waals surface area contributed by atoms with E-state index in [2.05, 4.69) is 0 Å². The van der Waals surface area contributed by atoms with Crippen molar-refractivity contribution in [3.05, 3.63) is 48.4 Å². The summed E-state index contributed by atoms with van der Waals surface area (Å²) in [5, 5.41) is 0. The van der Waals surface area contributed by atoms with Crippen LogP contribution >= 0.6 is 0 Å². The molecular formula is C22H27N3O6S. The van der Waals surface area contributed by atoms with E-state index >= 15 is 0 Å². The number of furan rings is 1. The minimum Gasteiger partial charge on any atom is -0.494 e. The van der Waals surface area contributed by atoms with E-state index in [1.165, 1.54) is 22.7 Å². The van der Waals surface area contributed by atoms with Crippen LogP contribution in [0.4, 0.5) is 0 Å². The first-order valence-electron chi connectivity index (χ1n) is 10.8. The van der Waals surface area contributed by atoms with Crippen molar-refractivity contribution in [1.29, 1.82) is 0 Å². The Balaban J connectivity index is 1.38. The summed E-state index contributed by atoms with van der Waals surface area (Å²) < 4.78 is 37.9. The summed E-state index contributed by atoms with van der Waals surface area (Å²) >= 11 is 0. The van der Waals surface area contributed by atoms with Crippen molar-refractivity contribution in [3.63, 3.8) is 0 Å². The second-order valence-corrected chi connectivity index (χ2v) is 9.71. The first-order chi connectivity index (χ1) is 15.4. The lowest BCUT2D eigenvalue weighted by Crippen LogP contribution is -2.55. The highest BCUT2D eigenvalue weighted by atomic mass is 32.2. The minimum absolute atomic E-state index is 0.138. The lowest BCUT2D eigenvalue weighted by molar-refractivity contribution is -0.136. The van der Waals surface area contributed by atoms with Gasteiger partial charge in [-0.2, -0.15) is 4.31 Å². The Hall–Kier alpha value is -2.85. The number of ether oxygens (including phenoxy) is 1. The highest BCUT2D eigenvalue weighted by Crippen LogP contribution is 2.24. The molecule has 2 aliphatic heterocycles. The van der Waals surface area contributed by atoms with Gasteiger partial charge in [0, 0.05) is 32.7 Å². The lowest BCUT2D eigenvalue weighted by Gasteiger charge is -2.36. The molecule has 1 unspecified atom stereocenters. The number of piperazine rings is 1. The smallest absolute Gasteiger partial charge is 0.290 e. The SMILES string of the molecule is CCOc1ccc(S(=O)(=O)N2CCN(C(=O)C3CCCN3C(=O)c3ccco3)CC2)cc1. The summed E-state index contributed by atoms with van der Waals surface area (Å²) in [5.41, 5.74) is 0. The van der Waals surface area contributed by atoms with Crippen LogP contribution in [-0.2, 0) is 14.8 Å². The predicted octanol–water partition coefficient (Wildman–Crippen LogP) is 1.82. The van der Waals surface area contributed by atoms with Gasteiger partial charge in [-0.05, 0) is 56.2 Å². The van der Waals surface area contributed by atoms with Gasteiger partial charge >= 0.3 is 0 Å². The van der Waals surface area contributed by atoms with E-state index in [4.69, 9.17) is 9.15 Å². The van der Waals surface area contributed by atoms with Crippen LogP contribution in [0.1, 0.15) is 30.3 Å². The summed E-state index contributed by atoms with van der Waals surface area (Å²) in [4.78, 5) is 29.2. The molecule has 0 spiro atoms. The van der Waals surface area contributed by atoms with Gasteiger partial charge in [-0.15, -0.1) is 0 Å². The third kappa shape index (κ3) is 4.37. The number of hydrogen-bond donors (Lipinski definition) is 0. The zero-order chi connectivity index (χ0) is 22.7. The van der Waals surface area contributed by atoms with Crippen LogP contribution in [-0.4, -0.2) is 79.7 Å². The Labute approximate surface area is 187 Å². The molecular weight excluding hydrogens is 434 g/mol. The van der Waals surface area contributed by atoms with Crippen molar-refractivity contribution < 1.29 is 27.2 Å². The molecule has 9 nitrogen and oxygen atoms in total. The third-order valence-electron chi connectivity index (χ3n) is 5.85. The normalized spacial score (nSPS) is 19.8. The van der Waals surface area contributed by atoms with E-state index in [1.807, 2.05) is 6.92 Å². The second kappa shape index (κ2) is 9.33. The molecule has 2 fully saturated rings. The van der Waals surface area contributed by atoms with E-state index < -0.39 is 16.1 Å². The molecule has 0 saturated carbocycles. The fourth-order valence-electron chi connectivity index (χ4n) is 4.19. The Morgan fingerprint density at radius 3 is 2.41 bits per heavy atom. The van der Waals surface area contributed by atoms with Crippen LogP contribution in [0.25, 0.3) is 0 Å². The van der Waals surface area contributed by atoms with E-state index in [-0.39, 0.29) is 48.6 Å². The molecule has 4 rings (SSSR count). The first-order valence-corrected chi connectivity index (χ1v) is 12.2. The number of nitrogens with zero attached hydrogens (tertiary/aromatic N) is 3. The van der Waals surface area contributed by atoms with Crippen LogP contribution in [0.2, 0.25) is 0 Å². The van der Waals surface area contributed by atoms with Gasteiger partial charge < -0.3 is 19.0 Å². The summed E-state index contributed by atoms with van der Waals surface area (Å²) in [5.74, 6) is 0.408. The van der Waals surface area contributed by atoms with Crippen LogP contribution in [0.3, 0.4) is 0 Å². The number of rotatable bonds is 6. The van der Waals surface area contributed by atoms with Gasteiger partial charge in [-0.1, -0.05) is 0 Å². The predicted molar refractivity (Wildman–Crippen MR) is 116 cm³/mol. The second-order valence-electron chi connectivity index (χ2n) is 7.77. The van der Waals surface area contributed by atoms with E-state index in [9.17, 15) is 18.0 Å². The molecule has 2 aliphatic rings.